The molecule has 0 saturated heterocycles. The van der Waals surface area contributed by atoms with Crippen molar-refractivity contribution in [1.29, 1.82) is 0 Å². The minimum Gasteiger partial charge on any atom is -0.383 e. The van der Waals surface area contributed by atoms with Crippen LogP contribution < -0.4 is 11.1 Å². The summed E-state index contributed by atoms with van der Waals surface area (Å²) in [6, 6.07) is 1.05. The van der Waals surface area contributed by atoms with Gasteiger partial charge in [-0.1, -0.05) is 26.2 Å². The van der Waals surface area contributed by atoms with Gasteiger partial charge in [-0.25, -0.2) is 0 Å². The maximum absolute atomic E-state index is 5.53. The van der Waals surface area contributed by atoms with Gasteiger partial charge >= 0.3 is 0 Å². The molecule has 0 saturated carbocycles. The fourth-order valence-corrected chi connectivity index (χ4v) is 1.97. The number of hydrogen-bond acceptors (Lipinski definition) is 3. The maximum atomic E-state index is 5.53. The van der Waals surface area contributed by atoms with E-state index in [1.165, 1.54) is 25.7 Å². The predicted molar refractivity (Wildman–Crippen MR) is 70.7 cm³/mol. The summed E-state index contributed by atoms with van der Waals surface area (Å²) in [6.45, 7) is 6.07. The maximum Gasteiger partial charge on any atom is 0.0615 e. The second kappa shape index (κ2) is 11.4. The highest BCUT2D eigenvalue weighted by Gasteiger charge is 2.11. The standard InChI is InChI=1S/C13H30N2O/c1-4-5-6-8-12(2)15-13(11-16-3)9-7-10-14/h12-13,15H,4-11,14H2,1-3H3. The van der Waals surface area contributed by atoms with Gasteiger partial charge in [-0.3, -0.25) is 0 Å². The summed E-state index contributed by atoms with van der Waals surface area (Å²) in [5.74, 6) is 0. The van der Waals surface area contributed by atoms with E-state index in [-0.39, 0.29) is 0 Å². The van der Waals surface area contributed by atoms with Crippen LogP contribution in [0.15, 0.2) is 0 Å². The summed E-state index contributed by atoms with van der Waals surface area (Å²) < 4.78 is 5.22. The first kappa shape index (κ1) is 15.9. The molecule has 3 nitrogen and oxygen atoms in total. The van der Waals surface area contributed by atoms with Crippen LogP contribution in [0.5, 0.6) is 0 Å². The third-order valence-electron chi connectivity index (χ3n) is 2.89. The third kappa shape index (κ3) is 9.13. The van der Waals surface area contributed by atoms with Crippen LogP contribution in [0.1, 0.15) is 52.4 Å². The van der Waals surface area contributed by atoms with E-state index in [2.05, 4.69) is 19.2 Å². The molecule has 0 fully saturated rings. The number of rotatable bonds is 11. The molecule has 0 aromatic carbocycles. The monoisotopic (exact) mass is 230 g/mol. The van der Waals surface area contributed by atoms with Gasteiger partial charge in [0.05, 0.1) is 6.61 Å². The zero-order valence-electron chi connectivity index (χ0n) is 11.3. The largest absolute Gasteiger partial charge is 0.383 e. The Morgan fingerprint density at radius 2 is 1.94 bits per heavy atom. The molecule has 0 aliphatic rings. The molecule has 2 unspecified atom stereocenters. The first-order valence-corrected chi connectivity index (χ1v) is 6.69. The van der Waals surface area contributed by atoms with Gasteiger partial charge in [0.15, 0.2) is 0 Å². The van der Waals surface area contributed by atoms with Gasteiger partial charge in [0, 0.05) is 19.2 Å². The molecule has 0 aliphatic heterocycles. The van der Waals surface area contributed by atoms with E-state index in [0.717, 1.165) is 26.0 Å². The molecule has 3 heteroatoms. The molecule has 3 N–H and O–H groups in total. The molecule has 0 aromatic heterocycles. The van der Waals surface area contributed by atoms with Gasteiger partial charge < -0.3 is 15.8 Å². The van der Waals surface area contributed by atoms with Crippen LogP contribution in [0.2, 0.25) is 0 Å². The number of unbranched alkanes of at least 4 members (excludes halogenated alkanes) is 2. The average Bonchev–Trinajstić information content (AvgIpc) is 2.26. The van der Waals surface area contributed by atoms with Crippen LogP contribution in [-0.4, -0.2) is 32.3 Å². The molecular formula is C13H30N2O. The molecule has 0 aliphatic carbocycles. The van der Waals surface area contributed by atoms with Crippen molar-refractivity contribution in [2.24, 2.45) is 5.73 Å². The number of nitrogens with two attached hydrogens (primary N) is 1. The van der Waals surface area contributed by atoms with E-state index >= 15 is 0 Å². The second-order valence-electron chi connectivity index (χ2n) is 4.65. The Labute approximate surface area is 101 Å². The Kier molecular flexibility index (Phi) is 11.3. The number of nitrogens with one attached hydrogen (secondary N) is 1. The molecule has 0 rings (SSSR count). The highest BCUT2D eigenvalue weighted by Crippen LogP contribution is 2.05. The predicted octanol–water partition coefficient (Wildman–Crippen LogP) is 2.30. The van der Waals surface area contributed by atoms with E-state index in [9.17, 15) is 0 Å². The molecule has 0 amide bonds. The summed E-state index contributed by atoms with van der Waals surface area (Å²) in [4.78, 5) is 0. The van der Waals surface area contributed by atoms with E-state index in [0.29, 0.717) is 12.1 Å². The fourth-order valence-electron chi connectivity index (χ4n) is 1.97. The summed E-state index contributed by atoms with van der Waals surface area (Å²) >= 11 is 0. The van der Waals surface area contributed by atoms with Crippen molar-refractivity contribution in [1.82, 2.24) is 5.32 Å². The summed E-state index contributed by atoms with van der Waals surface area (Å²) in [6.07, 6.45) is 7.40. The Hall–Kier alpha value is -0.120. The van der Waals surface area contributed by atoms with Crippen LogP contribution in [0, 0.1) is 0 Å². The molecular weight excluding hydrogens is 200 g/mol. The lowest BCUT2D eigenvalue weighted by Crippen LogP contribution is -2.39. The highest BCUT2D eigenvalue weighted by molar-refractivity contribution is 4.71. The third-order valence-corrected chi connectivity index (χ3v) is 2.89. The van der Waals surface area contributed by atoms with E-state index in [4.69, 9.17) is 10.5 Å². The minimum absolute atomic E-state index is 0.463. The van der Waals surface area contributed by atoms with Crippen molar-refractivity contribution < 1.29 is 4.74 Å². The molecule has 0 radical (unpaired) electrons. The molecule has 0 heterocycles. The van der Waals surface area contributed by atoms with Crippen molar-refractivity contribution in [3.63, 3.8) is 0 Å². The number of hydrogen-bond donors (Lipinski definition) is 2. The lowest BCUT2D eigenvalue weighted by molar-refractivity contribution is 0.155. The molecule has 0 spiro atoms. The van der Waals surface area contributed by atoms with Crippen LogP contribution in [0.25, 0.3) is 0 Å². The first-order chi connectivity index (χ1) is 7.74. The van der Waals surface area contributed by atoms with Crippen molar-refractivity contribution in [2.45, 2.75) is 64.5 Å². The molecule has 16 heavy (non-hydrogen) atoms. The van der Waals surface area contributed by atoms with Gasteiger partial charge in [-0.15, -0.1) is 0 Å². The van der Waals surface area contributed by atoms with Gasteiger partial charge in [0.25, 0.3) is 0 Å². The quantitative estimate of drug-likeness (QED) is 0.535. The van der Waals surface area contributed by atoms with E-state index in [1.54, 1.807) is 7.11 Å². The number of methoxy groups -OCH3 is 1. The van der Waals surface area contributed by atoms with Gasteiger partial charge in [-0.05, 0) is 32.7 Å². The van der Waals surface area contributed by atoms with Crippen molar-refractivity contribution in [3.8, 4) is 0 Å². The van der Waals surface area contributed by atoms with Crippen LogP contribution in [-0.2, 0) is 4.74 Å². The number of ether oxygens (including phenoxy) is 1. The lowest BCUT2D eigenvalue weighted by atomic mass is 10.1. The van der Waals surface area contributed by atoms with E-state index in [1.807, 2.05) is 0 Å². The topological polar surface area (TPSA) is 47.3 Å². The molecule has 2 atom stereocenters. The van der Waals surface area contributed by atoms with Crippen LogP contribution in [0.4, 0.5) is 0 Å². The smallest absolute Gasteiger partial charge is 0.0615 e. The summed E-state index contributed by atoms with van der Waals surface area (Å²) in [5.41, 5.74) is 5.53. The zero-order chi connectivity index (χ0) is 12.2. The Morgan fingerprint density at radius 3 is 2.50 bits per heavy atom. The SMILES string of the molecule is CCCCCC(C)NC(CCCN)COC. The van der Waals surface area contributed by atoms with Gasteiger partial charge in [-0.2, -0.15) is 0 Å². The fraction of sp³-hybridized carbons (Fsp3) is 1.00. The summed E-state index contributed by atoms with van der Waals surface area (Å²) in [5, 5.41) is 3.63. The summed E-state index contributed by atoms with van der Waals surface area (Å²) in [7, 11) is 1.76. The second-order valence-corrected chi connectivity index (χ2v) is 4.65. The average molecular weight is 230 g/mol. The zero-order valence-corrected chi connectivity index (χ0v) is 11.3. The van der Waals surface area contributed by atoms with Crippen molar-refractivity contribution in [2.75, 3.05) is 20.3 Å². The highest BCUT2D eigenvalue weighted by atomic mass is 16.5. The van der Waals surface area contributed by atoms with Crippen LogP contribution in [0.3, 0.4) is 0 Å². The van der Waals surface area contributed by atoms with Gasteiger partial charge in [0.2, 0.25) is 0 Å². The lowest BCUT2D eigenvalue weighted by Gasteiger charge is -2.22. The van der Waals surface area contributed by atoms with Crippen molar-refractivity contribution >= 4 is 0 Å². The van der Waals surface area contributed by atoms with Crippen molar-refractivity contribution in [3.05, 3.63) is 0 Å². The molecule has 0 bridgehead atoms. The molecule has 0 aromatic rings. The van der Waals surface area contributed by atoms with E-state index < -0.39 is 0 Å². The normalized spacial score (nSPS) is 15.0. The Bertz CT molecular complexity index is 142. The Balaban J connectivity index is 3.68. The molecule has 98 valence electrons. The van der Waals surface area contributed by atoms with Gasteiger partial charge in [0.1, 0.15) is 0 Å². The first-order valence-electron chi connectivity index (χ1n) is 6.69. The Morgan fingerprint density at radius 1 is 1.19 bits per heavy atom. The van der Waals surface area contributed by atoms with Crippen LogP contribution >= 0.6 is 0 Å². The minimum atomic E-state index is 0.463.